The van der Waals surface area contributed by atoms with E-state index < -0.39 is 11.8 Å². The third-order valence-electron chi connectivity index (χ3n) is 4.58. The summed E-state index contributed by atoms with van der Waals surface area (Å²) < 4.78 is 5.45. The first-order valence-corrected chi connectivity index (χ1v) is 10.1. The molecule has 2 rings (SSSR count). The minimum atomic E-state index is -0.723. The second-order valence-electron chi connectivity index (χ2n) is 8.20. The Morgan fingerprint density at radius 2 is 1.76 bits per heavy atom. The molecule has 0 aromatic heterocycles. The average Bonchev–Trinajstić information content (AvgIpc) is 2.66. The summed E-state index contributed by atoms with van der Waals surface area (Å²) in [6.45, 7) is 9.84. The standard InChI is InChI=1S/C21H32N4O4/c1-5-29-17-9-7-6-8-16(17)23-19(27)18(26)22-14-15-10-12-25(13-11-15)20(28)24-21(2,3)4/h6-9,15H,5,10-14H2,1-4H3,(H,22,26)(H,23,27)(H,24,28). The van der Waals surface area contributed by atoms with Crippen LogP contribution < -0.4 is 20.7 Å². The number of amides is 4. The molecule has 3 N–H and O–H groups in total. The predicted octanol–water partition coefficient (Wildman–Crippen LogP) is 2.36. The lowest BCUT2D eigenvalue weighted by atomic mass is 9.97. The third-order valence-corrected chi connectivity index (χ3v) is 4.58. The monoisotopic (exact) mass is 404 g/mol. The lowest BCUT2D eigenvalue weighted by Crippen LogP contribution is -2.51. The Morgan fingerprint density at radius 1 is 1.10 bits per heavy atom. The summed E-state index contributed by atoms with van der Waals surface area (Å²) in [5.74, 6) is -0.637. The van der Waals surface area contributed by atoms with E-state index in [0.717, 1.165) is 12.8 Å². The first-order valence-electron chi connectivity index (χ1n) is 10.1. The highest BCUT2D eigenvalue weighted by Crippen LogP contribution is 2.23. The Bertz CT molecular complexity index is 722. The Balaban J connectivity index is 1.76. The number of nitrogens with one attached hydrogen (secondary N) is 3. The van der Waals surface area contributed by atoms with Gasteiger partial charge in [-0.3, -0.25) is 9.59 Å². The van der Waals surface area contributed by atoms with E-state index in [9.17, 15) is 14.4 Å². The lowest BCUT2D eigenvalue weighted by Gasteiger charge is -2.34. The maximum atomic E-state index is 12.2. The molecule has 0 atom stereocenters. The van der Waals surface area contributed by atoms with Gasteiger partial charge in [-0.05, 0) is 58.6 Å². The van der Waals surface area contributed by atoms with E-state index in [1.165, 1.54) is 0 Å². The van der Waals surface area contributed by atoms with E-state index >= 15 is 0 Å². The number of nitrogens with zero attached hydrogens (tertiary/aromatic N) is 1. The molecule has 160 valence electrons. The van der Waals surface area contributed by atoms with E-state index in [-0.39, 0.29) is 17.5 Å². The minimum absolute atomic E-state index is 0.0627. The average molecular weight is 405 g/mol. The number of piperidine rings is 1. The van der Waals surface area contributed by atoms with E-state index in [0.29, 0.717) is 37.7 Å². The number of para-hydroxylation sites is 2. The Morgan fingerprint density at radius 3 is 2.38 bits per heavy atom. The van der Waals surface area contributed by atoms with Crippen molar-refractivity contribution in [1.29, 1.82) is 0 Å². The number of anilines is 1. The van der Waals surface area contributed by atoms with Crippen molar-refractivity contribution in [3.05, 3.63) is 24.3 Å². The highest BCUT2D eigenvalue weighted by atomic mass is 16.5. The zero-order valence-electron chi connectivity index (χ0n) is 17.7. The SMILES string of the molecule is CCOc1ccccc1NC(=O)C(=O)NCC1CCN(C(=O)NC(C)(C)C)CC1. The fourth-order valence-electron chi connectivity index (χ4n) is 3.09. The molecular weight excluding hydrogens is 372 g/mol. The number of likely N-dealkylation sites (tertiary alicyclic amines) is 1. The normalized spacial score (nSPS) is 14.8. The third kappa shape index (κ3) is 7.29. The molecule has 1 fully saturated rings. The second kappa shape index (κ2) is 10.1. The molecule has 0 saturated carbocycles. The van der Waals surface area contributed by atoms with Gasteiger partial charge >= 0.3 is 17.8 Å². The van der Waals surface area contributed by atoms with Crippen LogP contribution in [0.15, 0.2) is 24.3 Å². The number of urea groups is 1. The summed E-state index contributed by atoms with van der Waals surface area (Å²) in [4.78, 5) is 38.3. The number of carbonyl (C=O) groups is 3. The molecule has 1 aliphatic heterocycles. The van der Waals surface area contributed by atoms with Crippen LogP contribution in [0.3, 0.4) is 0 Å². The maximum Gasteiger partial charge on any atom is 0.317 e. The van der Waals surface area contributed by atoms with Crippen molar-refractivity contribution in [3.63, 3.8) is 0 Å². The van der Waals surface area contributed by atoms with Crippen molar-refractivity contribution in [2.24, 2.45) is 5.92 Å². The fourth-order valence-corrected chi connectivity index (χ4v) is 3.09. The van der Waals surface area contributed by atoms with Gasteiger partial charge in [0.2, 0.25) is 0 Å². The van der Waals surface area contributed by atoms with Gasteiger partial charge in [0, 0.05) is 25.2 Å². The fraction of sp³-hybridized carbons (Fsp3) is 0.571. The van der Waals surface area contributed by atoms with Crippen molar-refractivity contribution < 1.29 is 19.1 Å². The first-order chi connectivity index (χ1) is 13.7. The Labute approximate surface area is 172 Å². The van der Waals surface area contributed by atoms with Gasteiger partial charge < -0.3 is 25.6 Å². The molecule has 1 aromatic rings. The number of ether oxygens (including phenoxy) is 1. The van der Waals surface area contributed by atoms with Gasteiger partial charge in [-0.15, -0.1) is 0 Å². The summed E-state index contributed by atoms with van der Waals surface area (Å²) in [6, 6.07) is 6.93. The van der Waals surface area contributed by atoms with Crippen molar-refractivity contribution in [2.45, 2.75) is 46.1 Å². The summed E-state index contributed by atoms with van der Waals surface area (Å²) in [6.07, 6.45) is 1.57. The molecule has 0 spiro atoms. The molecule has 4 amide bonds. The van der Waals surface area contributed by atoms with Crippen LogP contribution in [0.2, 0.25) is 0 Å². The van der Waals surface area contributed by atoms with Crippen molar-refractivity contribution in [2.75, 3.05) is 31.6 Å². The van der Waals surface area contributed by atoms with E-state index in [1.807, 2.05) is 27.7 Å². The molecule has 0 radical (unpaired) electrons. The molecule has 29 heavy (non-hydrogen) atoms. The zero-order valence-corrected chi connectivity index (χ0v) is 17.7. The van der Waals surface area contributed by atoms with Gasteiger partial charge in [0.15, 0.2) is 0 Å². The van der Waals surface area contributed by atoms with Gasteiger partial charge in [-0.1, -0.05) is 12.1 Å². The number of benzene rings is 1. The number of rotatable bonds is 5. The molecule has 0 aliphatic carbocycles. The number of hydrogen-bond acceptors (Lipinski definition) is 4. The minimum Gasteiger partial charge on any atom is -0.492 e. The van der Waals surface area contributed by atoms with Crippen molar-refractivity contribution in [3.8, 4) is 5.75 Å². The van der Waals surface area contributed by atoms with Crippen LogP contribution >= 0.6 is 0 Å². The second-order valence-corrected chi connectivity index (χ2v) is 8.20. The number of carbonyl (C=O) groups excluding carboxylic acids is 3. The van der Waals surface area contributed by atoms with Gasteiger partial charge in [0.25, 0.3) is 0 Å². The highest BCUT2D eigenvalue weighted by molar-refractivity contribution is 6.39. The van der Waals surface area contributed by atoms with Crippen LogP contribution in [0, 0.1) is 5.92 Å². The summed E-state index contributed by atoms with van der Waals surface area (Å²) in [5.41, 5.74) is 0.198. The highest BCUT2D eigenvalue weighted by Gasteiger charge is 2.26. The molecule has 0 unspecified atom stereocenters. The van der Waals surface area contributed by atoms with E-state index in [1.54, 1.807) is 29.2 Å². The summed E-state index contributed by atoms with van der Waals surface area (Å²) in [5, 5.41) is 8.24. The van der Waals surface area contributed by atoms with Crippen molar-refractivity contribution in [1.82, 2.24) is 15.5 Å². The van der Waals surface area contributed by atoms with Gasteiger partial charge in [0.1, 0.15) is 5.75 Å². The quantitative estimate of drug-likeness (QED) is 0.656. The topological polar surface area (TPSA) is 99.8 Å². The van der Waals surface area contributed by atoms with Gasteiger partial charge in [-0.2, -0.15) is 0 Å². The number of hydrogen-bond donors (Lipinski definition) is 3. The molecular formula is C21H32N4O4. The first kappa shape index (κ1) is 22.5. The molecule has 8 heteroatoms. The van der Waals surface area contributed by atoms with Crippen LogP contribution in [-0.2, 0) is 9.59 Å². The van der Waals surface area contributed by atoms with Crippen LogP contribution in [0.4, 0.5) is 10.5 Å². The molecule has 1 aliphatic rings. The molecule has 1 heterocycles. The summed E-state index contributed by atoms with van der Waals surface area (Å²) in [7, 11) is 0. The zero-order chi connectivity index (χ0) is 21.4. The van der Waals surface area contributed by atoms with Gasteiger partial charge in [0.05, 0.1) is 12.3 Å². The molecule has 1 aromatic carbocycles. The lowest BCUT2D eigenvalue weighted by molar-refractivity contribution is -0.136. The Kier molecular flexibility index (Phi) is 7.87. The van der Waals surface area contributed by atoms with Crippen LogP contribution in [-0.4, -0.2) is 54.5 Å². The molecule has 8 nitrogen and oxygen atoms in total. The smallest absolute Gasteiger partial charge is 0.317 e. The maximum absolute atomic E-state index is 12.2. The Hall–Kier alpha value is -2.77. The predicted molar refractivity (Wildman–Crippen MR) is 112 cm³/mol. The molecule has 0 bridgehead atoms. The summed E-state index contributed by atoms with van der Waals surface area (Å²) >= 11 is 0. The van der Waals surface area contributed by atoms with Gasteiger partial charge in [-0.25, -0.2) is 4.79 Å². The largest absolute Gasteiger partial charge is 0.492 e. The van der Waals surface area contributed by atoms with Crippen LogP contribution in [0.5, 0.6) is 5.75 Å². The van der Waals surface area contributed by atoms with E-state index in [2.05, 4.69) is 16.0 Å². The van der Waals surface area contributed by atoms with Crippen LogP contribution in [0.1, 0.15) is 40.5 Å². The van der Waals surface area contributed by atoms with Crippen LogP contribution in [0.25, 0.3) is 0 Å². The van der Waals surface area contributed by atoms with E-state index in [4.69, 9.17) is 4.74 Å². The molecule has 1 saturated heterocycles. The van der Waals surface area contributed by atoms with Crippen molar-refractivity contribution >= 4 is 23.5 Å².